The van der Waals surface area contributed by atoms with Crippen LogP contribution in [0.1, 0.15) is 39.5 Å². The van der Waals surface area contributed by atoms with Gasteiger partial charge in [0.15, 0.2) is 0 Å². The molecule has 2 aliphatic rings. The van der Waals surface area contributed by atoms with Crippen molar-refractivity contribution in [2.75, 3.05) is 32.8 Å². The third-order valence-corrected chi connectivity index (χ3v) is 4.30. The molecular weight excluding hydrogens is 228 g/mol. The van der Waals surface area contributed by atoms with E-state index >= 15 is 0 Å². The third-order valence-electron chi connectivity index (χ3n) is 4.30. The number of nitrogens with one attached hydrogen (secondary N) is 1. The SMILES string of the molecule is CCCNC(C)(CO)CN1CCOC2CCCC21. The first kappa shape index (κ1) is 14.3. The van der Waals surface area contributed by atoms with Gasteiger partial charge in [0.1, 0.15) is 0 Å². The zero-order chi connectivity index (χ0) is 13.0. The Morgan fingerprint density at radius 1 is 1.44 bits per heavy atom. The van der Waals surface area contributed by atoms with Gasteiger partial charge in [0, 0.05) is 19.1 Å². The highest BCUT2D eigenvalue weighted by molar-refractivity contribution is 4.94. The van der Waals surface area contributed by atoms with Crippen LogP contribution >= 0.6 is 0 Å². The lowest BCUT2D eigenvalue weighted by molar-refractivity contribution is -0.0660. The van der Waals surface area contributed by atoms with Gasteiger partial charge in [-0.15, -0.1) is 0 Å². The molecule has 1 aliphatic heterocycles. The molecule has 0 aromatic carbocycles. The second kappa shape index (κ2) is 6.33. The van der Waals surface area contributed by atoms with Crippen molar-refractivity contribution >= 4 is 0 Å². The van der Waals surface area contributed by atoms with E-state index in [1.807, 2.05) is 0 Å². The summed E-state index contributed by atoms with van der Waals surface area (Å²) in [5, 5.41) is 13.2. The topological polar surface area (TPSA) is 44.7 Å². The second-order valence-corrected chi connectivity index (χ2v) is 6.02. The second-order valence-electron chi connectivity index (χ2n) is 6.02. The van der Waals surface area contributed by atoms with Crippen LogP contribution in [-0.4, -0.2) is 60.5 Å². The van der Waals surface area contributed by atoms with Gasteiger partial charge in [-0.05, 0) is 39.2 Å². The monoisotopic (exact) mass is 256 g/mol. The average Bonchev–Trinajstić information content (AvgIpc) is 2.86. The quantitative estimate of drug-likeness (QED) is 0.744. The van der Waals surface area contributed by atoms with Crippen molar-refractivity contribution < 1.29 is 9.84 Å². The fourth-order valence-corrected chi connectivity index (χ4v) is 3.24. The van der Waals surface area contributed by atoms with E-state index in [0.29, 0.717) is 12.1 Å². The Morgan fingerprint density at radius 2 is 2.28 bits per heavy atom. The first-order valence-electron chi connectivity index (χ1n) is 7.40. The fourth-order valence-electron chi connectivity index (χ4n) is 3.24. The van der Waals surface area contributed by atoms with Crippen molar-refractivity contribution in [1.29, 1.82) is 0 Å². The molecule has 2 rings (SSSR count). The van der Waals surface area contributed by atoms with Gasteiger partial charge in [0.25, 0.3) is 0 Å². The van der Waals surface area contributed by atoms with E-state index in [2.05, 4.69) is 24.1 Å². The maximum atomic E-state index is 9.66. The molecule has 3 atom stereocenters. The molecule has 1 saturated heterocycles. The van der Waals surface area contributed by atoms with Crippen LogP contribution in [-0.2, 0) is 4.74 Å². The lowest BCUT2D eigenvalue weighted by Crippen LogP contribution is -2.59. The Bertz CT molecular complexity index is 262. The highest BCUT2D eigenvalue weighted by Gasteiger charge is 2.38. The van der Waals surface area contributed by atoms with E-state index < -0.39 is 0 Å². The van der Waals surface area contributed by atoms with Gasteiger partial charge in [0.05, 0.1) is 24.9 Å². The molecule has 106 valence electrons. The number of nitrogens with zero attached hydrogens (tertiary/aromatic N) is 1. The predicted molar refractivity (Wildman–Crippen MR) is 72.7 cm³/mol. The number of hydrogen-bond acceptors (Lipinski definition) is 4. The third kappa shape index (κ3) is 3.23. The van der Waals surface area contributed by atoms with E-state index in [1.54, 1.807) is 0 Å². The summed E-state index contributed by atoms with van der Waals surface area (Å²) in [7, 11) is 0. The van der Waals surface area contributed by atoms with Crippen LogP contribution < -0.4 is 5.32 Å². The van der Waals surface area contributed by atoms with Crippen molar-refractivity contribution in [3.8, 4) is 0 Å². The summed E-state index contributed by atoms with van der Waals surface area (Å²) < 4.78 is 5.84. The fraction of sp³-hybridized carbons (Fsp3) is 1.00. The summed E-state index contributed by atoms with van der Waals surface area (Å²) in [6.07, 6.45) is 5.28. The van der Waals surface area contributed by atoms with Crippen LogP contribution in [0.25, 0.3) is 0 Å². The maximum Gasteiger partial charge on any atom is 0.0730 e. The van der Waals surface area contributed by atoms with Gasteiger partial charge >= 0.3 is 0 Å². The van der Waals surface area contributed by atoms with E-state index in [4.69, 9.17) is 4.74 Å². The van der Waals surface area contributed by atoms with Crippen molar-refractivity contribution in [1.82, 2.24) is 10.2 Å². The molecule has 2 N–H and O–H groups in total. The van der Waals surface area contributed by atoms with Crippen LogP contribution in [0, 0.1) is 0 Å². The smallest absolute Gasteiger partial charge is 0.0730 e. The Labute approximate surface area is 111 Å². The minimum absolute atomic E-state index is 0.180. The molecule has 1 saturated carbocycles. The molecule has 18 heavy (non-hydrogen) atoms. The summed E-state index contributed by atoms with van der Waals surface area (Å²) in [5.74, 6) is 0. The van der Waals surface area contributed by atoms with Gasteiger partial charge in [-0.2, -0.15) is 0 Å². The summed E-state index contributed by atoms with van der Waals surface area (Å²) in [5.41, 5.74) is -0.180. The first-order chi connectivity index (χ1) is 8.68. The highest BCUT2D eigenvalue weighted by Crippen LogP contribution is 2.30. The van der Waals surface area contributed by atoms with E-state index in [9.17, 15) is 5.11 Å². The standard InChI is InChI=1S/C14H28N2O2/c1-3-7-15-14(2,11-17)10-16-8-9-18-13-6-4-5-12(13)16/h12-13,15,17H,3-11H2,1-2H3. The largest absolute Gasteiger partial charge is 0.394 e. The summed E-state index contributed by atoms with van der Waals surface area (Å²) in [6, 6.07) is 0.577. The first-order valence-corrected chi connectivity index (χ1v) is 7.40. The summed E-state index contributed by atoms with van der Waals surface area (Å²) in [4.78, 5) is 2.53. The van der Waals surface area contributed by atoms with Crippen LogP contribution in [0.3, 0.4) is 0 Å². The molecule has 0 radical (unpaired) electrons. The van der Waals surface area contributed by atoms with Gasteiger partial charge in [0.2, 0.25) is 0 Å². The van der Waals surface area contributed by atoms with Crippen LogP contribution in [0.4, 0.5) is 0 Å². The van der Waals surface area contributed by atoms with E-state index in [0.717, 1.165) is 32.7 Å². The molecule has 4 heteroatoms. The lowest BCUT2D eigenvalue weighted by atomic mass is 10.00. The van der Waals surface area contributed by atoms with E-state index in [1.165, 1.54) is 19.3 Å². The lowest BCUT2D eigenvalue weighted by Gasteiger charge is -2.42. The molecule has 1 aliphatic carbocycles. The average molecular weight is 256 g/mol. The molecule has 1 heterocycles. The van der Waals surface area contributed by atoms with Crippen molar-refractivity contribution in [2.45, 2.75) is 57.2 Å². The van der Waals surface area contributed by atoms with Gasteiger partial charge < -0.3 is 15.2 Å². The summed E-state index contributed by atoms with van der Waals surface area (Å²) in [6.45, 7) is 8.22. The van der Waals surface area contributed by atoms with Crippen molar-refractivity contribution in [3.05, 3.63) is 0 Å². The Kier molecular flexibility index (Phi) is 5.01. The van der Waals surface area contributed by atoms with E-state index in [-0.39, 0.29) is 12.1 Å². The number of morpholine rings is 1. The number of ether oxygens (including phenoxy) is 1. The maximum absolute atomic E-state index is 9.66. The highest BCUT2D eigenvalue weighted by atomic mass is 16.5. The molecule has 0 spiro atoms. The molecule has 0 amide bonds. The Balaban J connectivity index is 1.93. The van der Waals surface area contributed by atoms with Gasteiger partial charge in [-0.25, -0.2) is 0 Å². The number of aliphatic hydroxyl groups excluding tert-OH is 1. The Morgan fingerprint density at radius 3 is 3.00 bits per heavy atom. The molecule has 3 unspecified atom stereocenters. The number of aliphatic hydroxyl groups is 1. The minimum atomic E-state index is -0.180. The predicted octanol–water partition coefficient (Wildman–Crippen LogP) is 0.990. The zero-order valence-electron chi connectivity index (χ0n) is 11.8. The van der Waals surface area contributed by atoms with Crippen LogP contribution in [0.2, 0.25) is 0 Å². The minimum Gasteiger partial charge on any atom is -0.394 e. The van der Waals surface area contributed by atoms with Crippen LogP contribution in [0.5, 0.6) is 0 Å². The van der Waals surface area contributed by atoms with Crippen LogP contribution in [0.15, 0.2) is 0 Å². The number of hydrogen-bond donors (Lipinski definition) is 2. The zero-order valence-corrected chi connectivity index (χ0v) is 11.8. The molecular formula is C14H28N2O2. The Hall–Kier alpha value is -0.160. The molecule has 0 bridgehead atoms. The normalized spacial score (nSPS) is 32.2. The molecule has 0 aromatic heterocycles. The number of fused-ring (bicyclic) bond motifs is 1. The van der Waals surface area contributed by atoms with Crippen molar-refractivity contribution in [3.63, 3.8) is 0 Å². The van der Waals surface area contributed by atoms with Crippen molar-refractivity contribution in [2.24, 2.45) is 0 Å². The molecule has 0 aromatic rings. The van der Waals surface area contributed by atoms with Gasteiger partial charge in [-0.3, -0.25) is 4.90 Å². The summed E-state index contributed by atoms with van der Waals surface area (Å²) >= 11 is 0. The molecule has 4 nitrogen and oxygen atoms in total. The van der Waals surface area contributed by atoms with Gasteiger partial charge in [-0.1, -0.05) is 6.92 Å². The molecule has 2 fully saturated rings. The number of rotatable bonds is 6.